The summed E-state index contributed by atoms with van der Waals surface area (Å²) < 4.78 is 10.5. The van der Waals surface area contributed by atoms with Crippen molar-refractivity contribution in [3.8, 4) is 5.75 Å². The van der Waals surface area contributed by atoms with Crippen LogP contribution in [0.2, 0.25) is 0 Å². The van der Waals surface area contributed by atoms with Crippen LogP contribution in [-0.4, -0.2) is 25.6 Å². The number of para-hydroxylation sites is 1. The van der Waals surface area contributed by atoms with E-state index in [1.54, 1.807) is 7.11 Å². The molecular weight excluding hydrogens is 366 g/mol. The van der Waals surface area contributed by atoms with Gasteiger partial charge < -0.3 is 14.8 Å². The van der Waals surface area contributed by atoms with E-state index in [0.29, 0.717) is 32.4 Å². The molecule has 0 saturated heterocycles. The Morgan fingerprint density at radius 2 is 1.52 bits per heavy atom. The van der Waals surface area contributed by atoms with Gasteiger partial charge in [-0.3, -0.25) is 9.59 Å². The minimum atomic E-state index is -0.206. The second-order valence-corrected chi connectivity index (χ2v) is 7.49. The maximum Gasteiger partial charge on any atom is 0.305 e. The van der Waals surface area contributed by atoms with Crippen LogP contribution in [0.25, 0.3) is 0 Å². The third-order valence-corrected chi connectivity index (χ3v) is 4.96. The fraction of sp³-hybridized carbons (Fsp3) is 0.667. The van der Waals surface area contributed by atoms with Gasteiger partial charge in [0.1, 0.15) is 5.75 Å². The Balaban J connectivity index is 1.97. The summed E-state index contributed by atoms with van der Waals surface area (Å²) in [5.41, 5.74) is 0.934. The smallest absolute Gasteiger partial charge is 0.305 e. The van der Waals surface area contributed by atoms with Gasteiger partial charge in [0.2, 0.25) is 5.91 Å². The molecule has 0 spiro atoms. The second kappa shape index (κ2) is 16.9. The van der Waals surface area contributed by atoms with Gasteiger partial charge in [-0.15, -0.1) is 0 Å². The van der Waals surface area contributed by atoms with Gasteiger partial charge in [-0.05, 0) is 18.9 Å². The van der Waals surface area contributed by atoms with E-state index in [1.807, 2.05) is 24.3 Å². The highest BCUT2D eigenvalue weighted by molar-refractivity contribution is 5.77. The Hall–Kier alpha value is -2.04. The number of methoxy groups -OCH3 is 1. The number of carbonyl (C=O) groups is 2. The lowest BCUT2D eigenvalue weighted by Gasteiger charge is -2.09. The molecule has 164 valence electrons. The van der Waals surface area contributed by atoms with Gasteiger partial charge in [0.05, 0.1) is 13.7 Å². The highest BCUT2D eigenvalue weighted by Gasteiger charge is 2.08. The first-order chi connectivity index (χ1) is 14.2. The molecule has 1 rings (SSSR count). The lowest BCUT2D eigenvalue weighted by atomic mass is 10.1. The van der Waals surface area contributed by atoms with Crippen LogP contribution in [0.1, 0.15) is 89.5 Å². The quantitative estimate of drug-likeness (QED) is 0.272. The van der Waals surface area contributed by atoms with Crippen molar-refractivity contribution in [2.24, 2.45) is 0 Å². The number of nitrogens with one attached hydrogen (secondary N) is 1. The molecule has 1 aromatic carbocycles. The van der Waals surface area contributed by atoms with Crippen molar-refractivity contribution in [2.75, 3.05) is 13.7 Å². The summed E-state index contributed by atoms with van der Waals surface area (Å²) in [5, 5.41) is 2.86. The summed E-state index contributed by atoms with van der Waals surface area (Å²) in [6, 6.07) is 7.59. The SMILES string of the molecule is CCCCCCCCCCCOC(=O)CCCC(=O)NCc1ccccc1OC. The monoisotopic (exact) mass is 405 g/mol. The molecule has 0 fully saturated rings. The average molecular weight is 406 g/mol. The molecule has 5 heteroatoms. The van der Waals surface area contributed by atoms with E-state index in [4.69, 9.17) is 9.47 Å². The van der Waals surface area contributed by atoms with Crippen molar-refractivity contribution in [2.45, 2.75) is 90.5 Å². The molecule has 0 unspecified atom stereocenters. The van der Waals surface area contributed by atoms with Gasteiger partial charge in [0.25, 0.3) is 0 Å². The van der Waals surface area contributed by atoms with Gasteiger partial charge >= 0.3 is 5.97 Å². The molecule has 0 atom stereocenters. The fourth-order valence-electron chi connectivity index (χ4n) is 3.20. The Bertz CT molecular complexity index is 574. The first-order valence-electron chi connectivity index (χ1n) is 11.2. The Morgan fingerprint density at radius 3 is 2.21 bits per heavy atom. The zero-order chi connectivity index (χ0) is 21.2. The van der Waals surface area contributed by atoms with Crippen molar-refractivity contribution in [3.63, 3.8) is 0 Å². The number of hydrogen-bond donors (Lipinski definition) is 1. The van der Waals surface area contributed by atoms with Gasteiger partial charge in [0, 0.05) is 24.9 Å². The Morgan fingerprint density at radius 1 is 0.862 bits per heavy atom. The molecule has 1 aromatic rings. The number of carbonyl (C=O) groups excluding carboxylic acids is 2. The molecule has 1 amide bonds. The summed E-state index contributed by atoms with van der Waals surface area (Å²) in [6.45, 7) is 3.15. The lowest BCUT2D eigenvalue weighted by molar-refractivity contribution is -0.143. The predicted molar refractivity (Wildman–Crippen MR) is 117 cm³/mol. The Kier molecular flexibility index (Phi) is 14.5. The molecule has 29 heavy (non-hydrogen) atoms. The molecule has 0 aliphatic carbocycles. The van der Waals surface area contributed by atoms with Crippen LogP contribution >= 0.6 is 0 Å². The van der Waals surface area contributed by atoms with Crippen molar-refractivity contribution in [3.05, 3.63) is 29.8 Å². The third-order valence-electron chi connectivity index (χ3n) is 4.96. The lowest BCUT2D eigenvalue weighted by Crippen LogP contribution is -2.23. The number of hydrogen-bond acceptors (Lipinski definition) is 4. The minimum Gasteiger partial charge on any atom is -0.496 e. The van der Waals surface area contributed by atoms with E-state index < -0.39 is 0 Å². The first-order valence-corrected chi connectivity index (χ1v) is 11.2. The van der Waals surface area contributed by atoms with Crippen LogP contribution in [0.4, 0.5) is 0 Å². The van der Waals surface area contributed by atoms with Gasteiger partial charge in [-0.1, -0.05) is 76.5 Å². The van der Waals surface area contributed by atoms with Crippen molar-refractivity contribution < 1.29 is 19.1 Å². The van der Waals surface area contributed by atoms with E-state index in [1.165, 1.54) is 44.9 Å². The van der Waals surface area contributed by atoms with Crippen LogP contribution < -0.4 is 10.1 Å². The number of esters is 1. The average Bonchev–Trinajstić information content (AvgIpc) is 2.73. The summed E-state index contributed by atoms with van der Waals surface area (Å²) in [5.74, 6) is 0.484. The second-order valence-electron chi connectivity index (χ2n) is 7.49. The largest absolute Gasteiger partial charge is 0.496 e. The van der Waals surface area contributed by atoms with E-state index >= 15 is 0 Å². The van der Waals surface area contributed by atoms with Gasteiger partial charge in [-0.25, -0.2) is 0 Å². The standard InChI is InChI=1S/C24H39NO4/c1-3-4-5-6-7-8-9-10-13-19-29-24(27)18-14-17-23(26)25-20-21-15-11-12-16-22(21)28-2/h11-12,15-16H,3-10,13-14,17-20H2,1-2H3,(H,25,26). The Labute approximate surface area is 176 Å². The van der Waals surface area contributed by atoms with Crippen LogP contribution in [-0.2, 0) is 20.9 Å². The molecular formula is C24H39NO4. The number of rotatable bonds is 17. The summed E-state index contributed by atoms with van der Waals surface area (Å²) in [4.78, 5) is 23.7. The van der Waals surface area contributed by atoms with E-state index in [2.05, 4.69) is 12.2 Å². The fourth-order valence-corrected chi connectivity index (χ4v) is 3.20. The highest BCUT2D eigenvalue weighted by Crippen LogP contribution is 2.16. The molecule has 1 N–H and O–H groups in total. The van der Waals surface area contributed by atoms with Crippen molar-refractivity contribution in [1.82, 2.24) is 5.32 Å². The minimum absolute atomic E-state index is 0.0670. The van der Waals surface area contributed by atoms with Crippen LogP contribution in [0.15, 0.2) is 24.3 Å². The van der Waals surface area contributed by atoms with Crippen LogP contribution in [0.5, 0.6) is 5.75 Å². The summed E-state index contributed by atoms with van der Waals surface area (Å²) in [7, 11) is 1.61. The molecule has 5 nitrogen and oxygen atoms in total. The van der Waals surface area contributed by atoms with E-state index in [-0.39, 0.29) is 11.9 Å². The number of ether oxygens (including phenoxy) is 2. The normalized spacial score (nSPS) is 10.6. The summed E-state index contributed by atoms with van der Waals surface area (Å²) in [6.07, 6.45) is 12.3. The first kappa shape index (κ1) is 25.0. The zero-order valence-electron chi connectivity index (χ0n) is 18.3. The zero-order valence-corrected chi connectivity index (χ0v) is 18.3. The molecule has 0 aliphatic heterocycles. The van der Waals surface area contributed by atoms with E-state index in [0.717, 1.165) is 24.2 Å². The molecule has 0 bridgehead atoms. The number of amides is 1. The van der Waals surface area contributed by atoms with E-state index in [9.17, 15) is 9.59 Å². The predicted octanol–water partition coefficient (Wildman–Crippen LogP) is 5.56. The van der Waals surface area contributed by atoms with Crippen molar-refractivity contribution >= 4 is 11.9 Å². The van der Waals surface area contributed by atoms with Crippen molar-refractivity contribution in [1.29, 1.82) is 0 Å². The van der Waals surface area contributed by atoms with Crippen LogP contribution in [0.3, 0.4) is 0 Å². The van der Waals surface area contributed by atoms with Gasteiger partial charge in [0.15, 0.2) is 0 Å². The molecule has 0 heterocycles. The molecule has 0 radical (unpaired) electrons. The third kappa shape index (κ3) is 12.9. The molecule has 0 saturated carbocycles. The maximum atomic E-state index is 11.9. The van der Waals surface area contributed by atoms with Crippen LogP contribution in [0, 0.1) is 0 Å². The molecule has 0 aliphatic rings. The molecule has 0 aromatic heterocycles. The maximum absolute atomic E-state index is 11.9. The number of unbranched alkanes of at least 4 members (excludes halogenated alkanes) is 8. The van der Waals surface area contributed by atoms with Gasteiger partial charge in [-0.2, -0.15) is 0 Å². The number of benzene rings is 1. The highest BCUT2D eigenvalue weighted by atomic mass is 16.5. The topological polar surface area (TPSA) is 64.6 Å². The summed E-state index contributed by atoms with van der Waals surface area (Å²) >= 11 is 0.